The molecule has 2 aromatic rings. The van der Waals surface area contributed by atoms with Gasteiger partial charge in [0.1, 0.15) is 5.76 Å². The SMILES string of the molecule is Cc1noc(C)c1CSc1ccccc1C(=O)NC1CNCCC1C. The molecular weight excluding hydrogens is 334 g/mol. The van der Waals surface area contributed by atoms with Crippen molar-refractivity contribution in [3.05, 3.63) is 46.8 Å². The van der Waals surface area contributed by atoms with E-state index in [4.69, 9.17) is 4.52 Å². The molecule has 2 atom stereocenters. The quantitative estimate of drug-likeness (QED) is 0.802. The van der Waals surface area contributed by atoms with Crippen LogP contribution in [-0.4, -0.2) is 30.2 Å². The van der Waals surface area contributed by atoms with E-state index in [-0.39, 0.29) is 11.9 Å². The molecule has 0 bridgehead atoms. The van der Waals surface area contributed by atoms with Crippen LogP contribution >= 0.6 is 11.8 Å². The molecule has 1 fully saturated rings. The lowest BCUT2D eigenvalue weighted by molar-refractivity contribution is 0.0912. The van der Waals surface area contributed by atoms with Crippen molar-refractivity contribution in [2.75, 3.05) is 13.1 Å². The second kappa shape index (κ2) is 8.06. The van der Waals surface area contributed by atoms with Crippen LogP contribution in [-0.2, 0) is 5.75 Å². The molecule has 1 aromatic carbocycles. The van der Waals surface area contributed by atoms with Crippen LogP contribution in [0.3, 0.4) is 0 Å². The Morgan fingerprint density at radius 1 is 1.40 bits per heavy atom. The van der Waals surface area contributed by atoms with E-state index in [1.165, 1.54) is 0 Å². The number of piperidine rings is 1. The van der Waals surface area contributed by atoms with Gasteiger partial charge >= 0.3 is 0 Å². The first kappa shape index (κ1) is 18.0. The van der Waals surface area contributed by atoms with Gasteiger partial charge in [-0.25, -0.2) is 0 Å². The molecule has 0 spiro atoms. The van der Waals surface area contributed by atoms with Crippen molar-refractivity contribution in [2.45, 2.75) is 43.9 Å². The lowest BCUT2D eigenvalue weighted by Crippen LogP contribution is -2.50. The molecule has 1 saturated heterocycles. The van der Waals surface area contributed by atoms with E-state index < -0.39 is 0 Å². The molecule has 1 aliphatic heterocycles. The lowest BCUT2D eigenvalue weighted by Gasteiger charge is -2.30. The Bertz CT molecular complexity index is 725. The Balaban J connectivity index is 1.70. The standard InChI is InChI=1S/C19H25N3O2S/c1-12-8-9-20-10-17(12)21-19(23)15-6-4-5-7-18(15)25-11-16-13(2)22-24-14(16)3/h4-7,12,17,20H,8-11H2,1-3H3,(H,21,23). The number of amides is 1. The van der Waals surface area contributed by atoms with E-state index in [1.54, 1.807) is 11.8 Å². The topological polar surface area (TPSA) is 67.2 Å². The third kappa shape index (κ3) is 4.25. The molecular formula is C19H25N3O2S. The van der Waals surface area contributed by atoms with Gasteiger partial charge in [-0.15, -0.1) is 11.8 Å². The summed E-state index contributed by atoms with van der Waals surface area (Å²) < 4.78 is 5.22. The fourth-order valence-electron chi connectivity index (χ4n) is 3.07. The van der Waals surface area contributed by atoms with Gasteiger partial charge < -0.3 is 15.2 Å². The predicted molar refractivity (Wildman–Crippen MR) is 99.9 cm³/mol. The van der Waals surface area contributed by atoms with Gasteiger partial charge in [0.15, 0.2) is 0 Å². The molecule has 25 heavy (non-hydrogen) atoms. The number of aromatic nitrogens is 1. The van der Waals surface area contributed by atoms with Crippen LogP contribution in [0.1, 0.15) is 40.7 Å². The van der Waals surface area contributed by atoms with Crippen LogP contribution in [0.5, 0.6) is 0 Å². The van der Waals surface area contributed by atoms with Crippen molar-refractivity contribution in [2.24, 2.45) is 5.92 Å². The van der Waals surface area contributed by atoms with Crippen molar-refractivity contribution < 1.29 is 9.32 Å². The summed E-state index contributed by atoms with van der Waals surface area (Å²) in [5.74, 6) is 2.08. The highest BCUT2D eigenvalue weighted by molar-refractivity contribution is 7.98. The van der Waals surface area contributed by atoms with Crippen molar-refractivity contribution in [3.63, 3.8) is 0 Å². The van der Waals surface area contributed by atoms with Gasteiger partial charge in [-0.2, -0.15) is 0 Å². The average molecular weight is 359 g/mol. The van der Waals surface area contributed by atoms with Crippen molar-refractivity contribution in [3.8, 4) is 0 Å². The van der Waals surface area contributed by atoms with Crippen molar-refractivity contribution in [1.29, 1.82) is 0 Å². The molecule has 2 unspecified atom stereocenters. The molecule has 0 saturated carbocycles. The van der Waals surface area contributed by atoms with Gasteiger partial charge in [-0.3, -0.25) is 4.79 Å². The average Bonchev–Trinajstić information content (AvgIpc) is 2.93. The van der Waals surface area contributed by atoms with Crippen LogP contribution in [0.15, 0.2) is 33.7 Å². The number of hydrogen-bond donors (Lipinski definition) is 2. The van der Waals surface area contributed by atoms with Crippen molar-refractivity contribution in [1.82, 2.24) is 15.8 Å². The molecule has 1 amide bonds. The number of carbonyl (C=O) groups excluding carboxylic acids is 1. The molecule has 3 rings (SSSR count). The van der Waals surface area contributed by atoms with Gasteiger partial charge in [-0.05, 0) is 44.9 Å². The summed E-state index contributed by atoms with van der Waals surface area (Å²) in [6, 6.07) is 7.96. The summed E-state index contributed by atoms with van der Waals surface area (Å²) in [5, 5.41) is 10.5. The zero-order chi connectivity index (χ0) is 17.8. The summed E-state index contributed by atoms with van der Waals surface area (Å²) in [5.41, 5.74) is 2.75. The fourth-order valence-corrected chi connectivity index (χ4v) is 4.27. The largest absolute Gasteiger partial charge is 0.361 e. The second-order valence-electron chi connectivity index (χ2n) is 6.64. The van der Waals surface area contributed by atoms with E-state index in [0.717, 1.165) is 52.7 Å². The van der Waals surface area contributed by atoms with E-state index in [1.807, 2.05) is 38.1 Å². The van der Waals surface area contributed by atoms with Crippen LogP contribution in [0.2, 0.25) is 0 Å². The second-order valence-corrected chi connectivity index (χ2v) is 7.65. The minimum atomic E-state index is 0.00223. The number of nitrogens with one attached hydrogen (secondary N) is 2. The van der Waals surface area contributed by atoms with E-state index >= 15 is 0 Å². The molecule has 0 aliphatic carbocycles. The molecule has 2 heterocycles. The summed E-state index contributed by atoms with van der Waals surface area (Å²) >= 11 is 1.65. The highest BCUT2D eigenvalue weighted by Gasteiger charge is 2.24. The zero-order valence-corrected chi connectivity index (χ0v) is 15.8. The summed E-state index contributed by atoms with van der Waals surface area (Å²) in [6.45, 7) is 7.93. The predicted octanol–water partition coefficient (Wildman–Crippen LogP) is 3.31. The van der Waals surface area contributed by atoms with Gasteiger partial charge in [-0.1, -0.05) is 24.2 Å². The smallest absolute Gasteiger partial charge is 0.252 e. The maximum Gasteiger partial charge on any atom is 0.252 e. The molecule has 0 radical (unpaired) electrons. The van der Waals surface area contributed by atoms with Crippen LogP contribution < -0.4 is 10.6 Å². The highest BCUT2D eigenvalue weighted by atomic mass is 32.2. The first-order valence-electron chi connectivity index (χ1n) is 8.71. The van der Waals surface area contributed by atoms with E-state index in [0.29, 0.717) is 5.92 Å². The molecule has 2 N–H and O–H groups in total. The molecule has 1 aromatic heterocycles. The monoisotopic (exact) mass is 359 g/mol. The number of benzene rings is 1. The van der Waals surface area contributed by atoms with Crippen LogP contribution in [0.4, 0.5) is 0 Å². The molecule has 1 aliphatic rings. The number of rotatable bonds is 5. The Morgan fingerprint density at radius 3 is 2.92 bits per heavy atom. The molecule has 134 valence electrons. The van der Waals surface area contributed by atoms with Crippen LogP contribution in [0, 0.1) is 19.8 Å². The minimum Gasteiger partial charge on any atom is -0.361 e. The first-order valence-corrected chi connectivity index (χ1v) is 9.70. The third-order valence-corrected chi connectivity index (χ3v) is 5.93. The number of carbonyl (C=O) groups is 1. The van der Waals surface area contributed by atoms with Gasteiger partial charge in [0.05, 0.1) is 11.3 Å². The van der Waals surface area contributed by atoms with Gasteiger partial charge in [0, 0.05) is 28.8 Å². The minimum absolute atomic E-state index is 0.00223. The number of nitrogens with zero attached hydrogens (tertiary/aromatic N) is 1. The zero-order valence-electron chi connectivity index (χ0n) is 15.0. The van der Waals surface area contributed by atoms with Crippen LogP contribution in [0.25, 0.3) is 0 Å². The van der Waals surface area contributed by atoms with Crippen molar-refractivity contribution >= 4 is 17.7 Å². The fraction of sp³-hybridized carbons (Fsp3) is 0.474. The highest BCUT2D eigenvalue weighted by Crippen LogP contribution is 2.29. The maximum absolute atomic E-state index is 12.8. The van der Waals surface area contributed by atoms with Gasteiger partial charge in [0.2, 0.25) is 0 Å². The lowest BCUT2D eigenvalue weighted by atomic mass is 9.94. The van der Waals surface area contributed by atoms with E-state index in [9.17, 15) is 4.79 Å². The number of aryl methyl sites for hydroxylation is 2. The van der Waals surface area contributed by atoms with Gasteiger partial charge in [0.25, 0.3) is 5.91 Å². The first-order chi connectivity index (χ1) is 12.1. The Morgan fingerprint density at radius 2 is 2.20 bits per heavy atom. The normalized spacial score (nSPS) is 20.4. The third-order valence-electron chi connectivity index (χ3n) is 4.83. The summed E-state index contributed by atoms with van der Waals surface area (Å²) in [6.07, 6.45) is 1.09. The Kier molecular flexibility index (Phi) is 5.81. The number of hydrogen-bond acceptors (Lipinski definition) is 5. The molecule has 5 nitrogen and oxygen atoms in total. The van der Waals surface area contributed by atoms with E-state index in [2.05, 4.69) is 22.7 Å². The maximum atomic E-state index is 12.8. The summed E-state index contributed by atoms with van der Waals surface area (Å²) in [7, 11) is 0. The number of thioether (sulfide) groups is 1. The summed E-state index contributed by atoms with van der Waals surface area (Å²) in [4.78, 5) is 13.8. The Labute approximate surface area is 152 Å². The molecule has 6 heteroatoms. The Hall–Kier alpha value is -1.79.